The molecule has 8 nitrogen and oxygen atoms in total. The summed E-state index contributed by atoms with van der Waals surface area (Å²) in [6, 6.07) is 5.85. The van der Waals surface area contributed by atoms with E-state index >= 15 is 0 Å². The van der Waals surface area contributed by atoms with Crippen LogP contribution < -0.4 is 15.4 Å². The first kappa shape index (κ1) is 19.7. The second kappa shape index (κ2) is 7.89. The van der Waals surface area contributed by atoms with Crippen molar-refractivity contribution in [3.8, 4) is 11.9 Å². The fourth-order valence-corrected chi connectivity index (χ4v) is 3.92. The van der Waals surface area contributed by atoms with E-state index in [1.165, 1.54) is 0 Å². The van der Waals surface area contributed by atoms with Gasteiger partial charge in [0.2, 0.25) is 5.88 Å². The van der Waals surface area contributed by atoms with E-state index in [9.17, 15) is 10.1 Å². The lowest BCUT2D eigenvalue weighted by Gasteiger charge is -2.37. The van der Waals surface area contributed by atoms with Crippen LogP contribution >= 0.6 is 0 Å². The number of anilines is 1. The molecular formula is C20H25N5O3. The molecule has 3 rings (SSSR count). The molecule has 2 N–H and O–H groups in total. The molecule has 0 spiro atoms. The van der Waals surface area contributed by atoms with Crippen molar-refractivity contribution in [3.63, 3.8) is 0 Å². The van der Waals surface area contributed by atoms with Crippen LogP contribution in [0, 0.1) is 17.2 Å². The number of primary amides is 1. The van der Waals surface area contributed by atoms with Crippen LogP contribution in [0.2, 0.25) is 0 Å². The summed E-state index contributed by atoms with van der Waals surface area (Å²) >= 11 is 0. The number of hydrogen-bond acceptors (Lipinski definition) is 7. The van der Waals surface area contributed by atoms with Crippen molar-refractivity contribution in [1.29, 1.82) is 5.26 Å². The number of carbonyl (C=O) groups is 1. The van der Waals surface area contributed by atoms with Gasteiger partial charge in [0, 0.05) is 25.4 Å². The third-order valence-electron chi connectivity index (χ3n) is 5.08. The zero-order valence-electron chi connectivity index (χ0n) is 16.4. The Kier molecular flexibility index (Phi) is 5.54. The third kappa shape index (κ3) is 4.25. The van der Waals surface area contributed by atoms with Crippen molar-refractivity contribution < 1.29 is 14.3 Å². The van der Waals surface area contributed by atoms with Crippen LogP contribution in [0.15, 0.2) is 18.3 Å². The van der Waals surface area contributed by atoms with E-state index in [1.807, 2.05) is 19.9 Å². The fourth-order valence-electron chi connectivity index (χ4n) is 3.92. The van der Waals surface area contributed by atoms with E-state index in [0.29, 0.717) is 22.9 Å². The van der Waals surface area contributed by atoms with Gasteiger partial charge in [-0.25, -0.2) is 9.78 Å². The maximum atomic E-state index is 11.1. The molecule has 2 aromatic heterocycles. The Morgan fingerprint density at radius 1 is 1.39 bits per heavy atom. The molecule has 1 saturated heterocycles. The average Bonchev–Trinajstić information content (AvgIpc) is 2.66. The van der Waals surface area contributed by atoms with Gasteiger partial charge in [0.15, 0.2) is 0 Å². The van der Waals surface area contributed by atoms with Crippen LogP contribution in [0.25, 0.3) is 11.0 Å². The molecule has 2 aromatic rings. The molecule has 0 aliphatic carbocycles. The highest BCUT2D eigenvalue weighted by Gasteiger charge is 2.30. The topological polar surface area (TPSA) is 114 Å². The SMILES string of the molecule is COc1ccc2ncc(C#N)c(N3CCC(CC(C)(C)OC(N)=O)CC3)c2n1. The van der Waals surface area contributed by atoms with Crippen LogP contribution in [0.3, 0.4) is 0 Å². The maximum Gasteiger partial charge on any atom is 0.405 e. The molecule has 1 aliphatic heterocycles. The summed E-state index contributed by atoms with van der Waals surface area (Å²) in [5.74, 6) is 0.901. The first-order chi connectivity index (χ1) is 13.3. The number of aromatic nitrogens is 2. The molecule has 0 saturated carbocycles. The van der Waals surface area contributed by atoms with Gasteiger partial charge < -0.3 is 20.1 Å². The Labute approximate surface area is 164 Å². The van der Waals surface area contributed by atoms with Crippen molar-refractivity contribution in [2.45, 2.75) is 38.7 Å². The molecule has 3 heterocycles. The molecular weight excluding hydrogens is 358 g/mol. The highest BCUT2D eigenvalue weighted by atomic mass is 16.6. The van der Waals surface area contributed by atoms with Crippen LogP contribution in [-0.2, 0) is 4.74 Å². The molecule has 8 heteroatoms. The lowest BCUT2D eigenvalue weighted by Crippen LogP contribution is -2.39. The first-order valence-electron chi connectivity index (χ1n) is 9.30. The third-order valence-corrected chi connectivity index (χ3v) is 5.08. The van der Waals surface area contributed by atoms with Crippen molar-refractivity contribution in [2.24, 2.45) is 11.7 Å². The molecule has 0 atom stereocenters. The molecule has 0 bridgehead atoms. The molecule has 1 aliphatic rings. The predicted octanol–water partition coefficient (Wildman–Crippen LogP) is 2.99. The number of fused-ring (bicyclic) bond motifs is 1. The summed E-state index contributed by atoms with van der Waals surface area (Å²) in [4.78, 5) is 22.2. The largest absolute Gasteiger partial charge is 0.481 e. The van der Waals surface area contributed by atoms with Gasteiger partial charge in [-0.3, -0.25) is 4.98 Å². The molecule has 0 unspecified atom stereocenters. The second-order valence-electron chi connectivity index (χ2n) is 7.67. The van der Waals surface area contributed by atoms with E-state index in [2.05, 4.69) is 20.9 Å². The standard InChI is InChI=1S/C20H25N5O3/c1-20(2,28-19(22)26)10-13-6-8-25(9-7-13)18-14(11-21)12-23-15-4-5-16(27-3)24-17(15)18/h4-5,12-13H,6-10H2,1-3H3,(H2,22,26). The van der Waals surface area contributed by atoms with E-state index < -0.39 is 11.7 Å². The number of methoxy groups -OCH3 is 1. The second-order valence-corrected chi connectivity index (χ2v) is 7.67. The smallest absolute Gasteiger partial charge is 0.405 e. The van der Waals surface area contributed by atoms with Gasteiger partial charge in [0.05, 0.1) is 23.9 Å². The van der Waals surface area contributed by atoms with Crippen molar-refractivity contribution in [2.75, 3.05) is 25.1 Å². The Hall–Kier alpha value is -3.08. The van der Waals surface area contributed by atoms with Gasteiger partial charge in [-0.1, -0.05) is 0 Å². The normalized spacial score (nSPS) is 15.3. The number of carbonyl (C=O) groups excluding carboxylic acids is 1. The maximum absolute atomic E-state index is 11.1. The molecule has 148 valence electrons. The summed E-state index contributed by atoms with van der Waals surface area (Å²) in [5.41, 5.74) is 7.29. The molecule has 1 amide bonds. The number of hydrogen-bond donors (Lipinski definition) is 1. The number of nitrogens with two attached hydrogens (primary N) is 1. The van der Waals surface area contributed by atoms with E-state index in [1.54, 1.807) is 19.4 Å². The summed E-state index contributed by atoms with van der Waals surface area (Å²) < 4.78 is 10.5. The number of piperidine rings is 1. The summed E-state index contributed by atoms with van der Waals surface area (Å²) in [5, 5.41) is 9.59. The van der Waals surface area contributed by atoms with Crippen LogP contribution in [0.4, 0.5) is 10.5 Å². The van der Waals surface area contributed by atoms with Gasteiger partial charge in [-0.05, 0) is 45.1 Å². The minimum atomic E-state index is -0.746. The Bertz CT molecular complexity index is 914. The summed E-state index contributed by atoms with van der Waals surface area (Å²) in [6.45, 7) is 5.32. The molecule has 28 heavy (non-hydrogen) atoms. The number of nitrogens with zero attached hydrogens (tertiary/aromatic N) is 4. The molecule has 0 radical (unpaired) electrons. The van der Waals surface area contributed by atoms with E-state index in [0.717, 1.165) is 43.6 Å². The number of rotatable bonds is 5. The Balaban J connectivity index is 1.81. The number of pyridine rings is 2. The minimum Gasteiger partial charge on any atom is -0.481 e. The van der Waals surface area contributed by atoms with Crippen LogP contribution in [0.1, 0.15) is 38.7 Å². The number of amides is 1. The Morgan fingerprint density at radius 3 is 2.71 bits per heavy atom. The summed E-state index contributed by atoms with van der Waals surface area (Å²) in [6.07, 6.45) is 3.44. The molecule has 1 fully saturated rings. The summed E-state index contributed by atoms with van der Waals surface area (Å²) in [7, 11) is 1.57. The number of nitriles is 1. The van der Waals surface area contributed by atoms with Crippen LogP contribution in [0.5, 0.6) is 5.88 Å². The van der Waals surface area contributed by atoms with Gasteiger partial charge in [-0.15, -0.1) is 0 Å². The van der Waals surface area contributed by atoms with Crippen molar-refractivity contribution >= 4 is 22.8 Å². The lowest BCUT2D eigenvalue weighted by molar-refractivity contribution is 0.0236. The fraction of sp³-hybridized carbons (Fsp3) is 0.500. The van der Waals surface area contributed by atoms with Gasteiger partial charge >= 0.3 is 6.09 Å². The van der Waals surface area contributed by atoms with E-state index in [4.69, 9.17) is 15.2 Å². The average molecular weight is 383 g/mol. The van der Waals surface area contributed by atoms with Gasteiger partial charge in [-0.2, -0.15) is 5.26 Å². The van der Waals surface area contributed by atoms with Gasteiger partial charge in [0.1, 0.15) is 17.2 Å². The predicted molar refractivity (Wildman–Crippen MR) is 105 cm³/mol. The van der Waals surface area contributed by atoms with Crippen molar-refractivity contribution in [1.82, 2.24) is 9.97 Å². The highest BCUT2D eigenvalue weighted by molar-refractivity contribution is 5.91. The molecule has 0 aromatic carbocycles. The van der Waals surface area contributed by atoms with Gasteiger partial charge in [0.25, 0.3) is 0 Å². The Morgan fingerprint density at radius 2 is 2.11 bits per heavy atom. The minimum absolute atomic E-state index is 0.409. The lowest BCUT2D eigenvalue weighted by atomic mass is 9.86. The first-order valence-corrected chi connectivity index (χ1v) is 9.30. The number of ether oxygens (including phenoxy) is 2. The zero-order valence-corrected chi connectivity index (χ0v) is 16.4. The monoisotopic (exact) mass is 383 g/mol. The quantitative estimate of drug-likeness (QED) is 0.844. The van der Waals surface area contributed by atoms with E-state index in [-0.39, 0.29) is 0 Å². The van der Waals surface area contributed by atoms with Crippen LogP contribution in [-0.4, -0.2) is 41.9 Å². The highest BCUT2D eigenvalue weighted by Crippen LogP contribution is 2.34. The zero-order chi connectivity index (χ0) is 20.3. The van der Waals surface area contributed by atoms with Crippen molar-refractivity contribution in [3.05, 3.63) is 23.9 Å².